The second kappa shape index (κ2) is 6.91. The van der Waals surface area contributed by atoms with Crippen molar-refractivity contribution in [2.45, 2.75) is 6.18 Å². The average molecular weight is 362 g/mol. The molecule has 0 atom stereocenters. The molecule has 0 unspecified atom stereocenters. The molecule has 1 amide bonds. The molecule has 1 heterocycles. The van der Waals surface area contributed by atoms with Gasteiger partial charge >= 0.3 is 6.18 Å². The maximum atomic E-state index is 13.1. The number of carbonyl (C=O) groups is 1. The molecule has 0 spiro atoms. The fraction of sp³-hybridized carbons (Fsp3) is 0.111. The first-order chi connectivity index (χ1) is 12.4. The lowest BCUT2D eigenvalue weighted by molar-refractivity contribution is -0.136. The molecular formula is C18H13F3N2O3. The average Bonchev–Trinajstić information content (AvgIpc) is 3.11. The molecule has 0 saturated carbocycles. The van der Waals surface area contributed by atoms with E-state index in [1.54, 1.807) is 24.3 Å². The Kier molecular flexibility index (Phi) is 4.66. The summed E-state index contributed by atoms with van der Waals surface area (Å²) in [6.45, 7) is 0. The molecule has 1 aromatic heterocycles. The zero-order valence-corrected chi connectivity index (χ0v) is 13.5. The van der Waals surface area contributed by atoms with Crippen molar-refractivity contribution in [1.29, 1.82) is 0 Å². The van der Waals surface area contributed by atoms with E-state index in [1.807, 2.05) is 0 Å². The highest BCUT2D eigenvalue weighted by molar-refractivity contribution is 6.08. The van der Waals surface area contributed by atoms with Crippen LogP contribution in [0.25, 0.3) is 11.3 Å². The third kappa shape index (κ3) is 3.53. The van der Waals surface area contributed by atoms with Crippen LogP contribution in [0.15, 0.2) is 59.3 Å². The third-order valence-electron chi connectivity index (χ3n) is 3.65. The Morgan fingerprint density at radius 3 is 2.46 bits per heavy atom. The van der Waals surface area contributed by atoms with Crippen LogP contribution >= 0.6 is 0 Å². The molecule has 0 aliphatic rings. The van der Waals surface area contributed by atoms with Crippen LogP contribution in [-0.2, 0) is 6.18 Å². The quantitative estimate of drug-likeness (QED) is 0.735. The Hall–Kier alpha value is -3.29. The molecule has 134 valence electrons. The van der Waals surface area contributed by atoms with Gasteiger partial charge < -0.3 is 14.6 Å². The molecule has 8 heteroatoms. The Morgan fingerprint density at radius 1 is 1.12 bits per heavy atom. The van der Waals surface area contributed by atoms with Gasteiger partial charge in [-0.25, -0.2) is 0 Å². The normalized spacial score (nSPS) is 11.2. The van der Waals surface area contributed by atoms with Gasteiger partial charge in [0.1, 0.15) is 11.3 Å². The van der Waals surface area contributed by atoms with Crippen LogP contribution in [0, 0.1) is 0 Å². The lowest BCUT2D eigenvalue weighted by atomic mass is 10.1. The molecular weight excluding hydrogens is 349 g/mol. The number of carbonyl (C=O) groups excluding carboxylic acids is 1. The number of benzene rings is 2. The van der Waals surface area contributed by atoms with Gasteiger partial charge in [0.15, 0.2) is 5.76 Å². The predicted octanol–water partition coefficient (Wildman–Crippen LogP) is 4.62. The summed E-state index contributed by atoms with van der Waals surface area (Å²) in [6.07, 6.45) is -3.43. The minimum atomic E-state index is -4.59. The third-order valence-corrected chi connectivity index (χ3v) is 3.65. The van der Waals surface area contributed by atoms with Crippen molar-refractivity contribution in [3.63, 3.8) is 0 Å². The van der Waals surface area contributed by atoms with Crippen LogP contribution in [0.4, 0.5) is 18.9 Å². The number of aromatic nitrogens is 1. The molecule has 5 nitrogen and oxygen atoms in total. The molecule has 2 aromatic carbocycles. The highest BCUT2D eigenvalue weighted by Gasteiger charge is 2.34. The fourth-order valence-corrected chi connectivity index (χ4v) is 2.38. The van der Waals surface area contributed by atoms with E-state index in [4.69, 9.17) is 9.26 Å². The van der Waals surface area contributed by atoms with Gasteiger partial charge in [0.25, 0.3) is 5.91 Å². The zero-order valence-electron chi connectivity index (χ0n) is 13.5. The van der Waals surface area contributed by atoms with E-state index >= 15 is 0 Å². The van der Waals surface area contributed by atoms with Gasteiger partial charge in [0.05, 0.1) is 24.6 Å². The summed E-state index contributed by atoms with van der Waals surface area (Å²) in [6, 6.07) is 11.4. The first-order valence-electron chi connectivity index (χ1n) is 7.47. The van der Waals surface area contributed by atoms with Crippen molar-refractivity contribution in [1.82, 2.24) is 5.16 Å². The Balaban J connectivity index is 1.90. The number of rotatable bonds is 4. The van der Waals surface area contributed by atoms with Gasteiger partial charge in [-0.2, -0.15) is 13.2 Å². The standard InChI is InChI=1S/C18H13F3N2O3/c1-25-12-8-6-11(7-9-12)16-13(10-22-26-16)17(24)23-15-5-3-2-4-14(15)18(19,20)21/h2-10H,1H3,(H,23,24). The molecule has 0 aliphatic carbocycles. The summed E-state index contributed by atoms with van der Waals surface area (Å²) in [7, 11) is 1.51. The summed E-state index contributed by atoms with van der Waals surface area (Å²) in [5.41, 5.74) is -0.715. The van der Waals surface area contributed by atoms with E-state index in [0.29, 0.717) is 11.3 Å². The number of alkyl halides is 3. The van der Waals surface area contributed by atoms with Gasteiger partial charge in [-0.05, 0) is 36.4 Å². The van der Waals surface area contributed by atoms with E-state index in [-0.39, 0.29) is 17.0 Å². The van der Waals surface area contributed by atoms with Crippen molar-refractivity contribution in [2.75, 3.05) is 12.4 Å². The Labute approximate surface area is 146 Å². The highest BCUT2D eigenvalue weighted by atomic mass is 19.4. The van der Waals surface area contributed by atoms with Crippen LogP contribution in [-0.4, -0.2) is 18.2 Å². The highest BCUT2D eigenvalue weighted by Crippen LogP contribution is 2.35. The fourth-order valence-electron chi connectivity index (χ4n) is 2.38. The van der Waals surface area contributed by atoms with Crippen molar-refractivity contribution >= 4 is 11.6 Å². The molecule has 0 radical (unpaired) electrons. The van der Waals surface area contributed by atoms with Crippen LogP contribution < -0.4 is 10.1 Å². The molecule has 3 aromatic rings. The van der Waals surface area contributed by atoms with E-state index < -0.39 is 17.6 Å². The number of para-hydroxylation sites is 1. The first kappa shape index (κ1) is 17.5. The Morgan fingerprint density at radius 2 is 1.81 bits per heavy atom. The summed E-state index contributed by atoms with van der Waals surface area (Å²) in [5, 5.41) is 5.85. The molecule has 0 aliphatic heterocycles. The number of nitrogens with zero attached hydrogens (tertiary/aromatic N) is 1. The molecule has 0 saturated heterocycles. The topological polar surface area (TPSA) is 64.4 Å². The van der Waals surface area contributed by atoms with Crippen LogP contribution in [0.1, 0.15) is 15.9 Å². The maximum Gasteiger partial charge on any atom is 0.418 e. The first-order valence-corrected chi connectivity index (χ1v) is 7.47. The second-order valence-corrected chi connectivity index (χ2v) is 5.29. The van der Waals surface area contributed by atoms with Crippen molar-refractivity contribution in [3.05, 3.63) is 65.9 Å². The van der Waals surface area contributed by atoms with E-state index in [2.05, 4.69) is 10.5 Å². The molecule has 0 bridgehead atoms. The number of methoxy groups -OCH3 is 1. The zero-order chi connectivity index (χ0) is 18.7. The summed E-state index contributed by atoms with van der Waals surface area (Å²) in [4.78, 5) is 12.5. The summed E-state index contributed by atoms with van der Waals surface area (Å²) < 4.78 is 49.4. The lowest BCUT2D eigenvalue weighted by Crippen LogP contribution is -2.16. The van der Waals surface area contributed by atoms with Gasteiger partial charge in [0, 0.05) is 5.56 Å². The number of nitrogens with one attached hydrogen (secondary N) is 1. The van der Waals surface area contributed by atoms with Gasteiger partial charge in [-0.3, -0.25) is 4.79 Å². The summed E-state index contributed by atoms with van der Waals surface area (Å²) >= 11 is 0. The predicted molar refractivity (Wildman–Crippen MR) is 87.9 cm³/mol. The molecule has 26 heavy (non-hydrogen) atoms. The van der Waals surface area contributed by atoms with E-state index in [1.165, 1.54) is 25.3 Å². The van der Waals surface area contributed by atoms with E-state index in [0.717, 1.165) is 12.3 Å². The van der Waals surface area contributed by atoms with Gasteiger partial charge in [-0.1, -0.05) is 17.3 Å². The number of amides is 1. The number of hydrogen-bond donors (Lipinski definition) is 1. The van der Waals surface area contributed by atoms with Crippen molar-refractivity contribution < 1.29 is 27.2 Å². The number of halogens is 3. The molecule has 1 N–H and O–H groups in total. The van der Waals surface area contributed by atoms with Crippen molar-refractivity contribution in [3.8, 4) is 17.1 Å². The number of hydrogen-bond acceptors (Lipinski definition) is 4. The van der Waals surface area contributed by atoms with Crippen LogP contribution in [0.2, 0.25) is 0 Å². The maximum absolute atomic E-state index is 13.1. The van der Waals surface area contributed by atoms with Crippen LogP contribution in [0.5, 0.6) is 5.75 Å². The number of ether oxygens (including phenoxy) is 1. The van der Waals surface area contributed by atoms with E-state index in [9.17, 15) is 18.0 Å². The minimum absolute atomic E-state index is 0.0205. The lowest BCUT2D eigenvalue weighted by Gasteiger charge is -2.13. The monoisotopic (exact) mass is 362 g/mol. The van der Waals surface area contributed by atoms with Gasteiger partial charge in [-0.15, -0.1) is 0 Å². The van der Waals surface area contributed by atoms with Crippen molar-refractivity contribution in [2.24, 2.45) is 0 Å². The molecule has 3 rings (SSSR count). The number of anilines is 1. The summed E-state index contributed by atoms with van der Waals surface area (Å²) in [5.74, 6) is 0.00165. The minimum Gasteiger partial charge on any atom is -0.497 e. The van der Waals surface area contributed by atoms with Gasteiger partial charge in [0.2, 0.25) is 0 Å². The second-order valence-electron chi connectivity index (χ2n) is 5.29. The van der Waals surface area contributed by atoms with Crippen LogP contribution in [0.3, 0.4) is 0 Å². The largest absolute Gasteiger partial charge is 0.497 e. The SMILES string of the molecule is COc1ccc(-c2oncc2C(=O)Nc2ccccc2C(F)(F)F)cc1. The smallest absolute Gasteiger partial charge is 0.418 e. The molecule has 0 fully saturated rings. The Bertz CT molecular complexity index is 918.